The van der Waals surface area contributed by atoms with Gasteiger partial charge in [0.15, 0.2) is 0 Å². The van der Waals surface area contributed by atoms with Gasteiger partial charge in [-0.05, 0) is 49.6 Å². The van der Waals surface area contributed by atoms with Crippen molar-refractivity contribution >= 4 is 17.4 Å². The van der Waals surface area contributed by atoms with Gasteiger partial charge in [-0.2, -0.15) is 0 Å². The minimum absolute atomic E-state index is 0.500. The van der Waals surface area contributed by atoms with Crippen LogP contribution in [0.1, 0.15) is 18.5 Å². The molecule has 0 saturated heterocycles. The van der Waals surface area contributed by atoms with Gasteiger partial charge in [0, 0.05) is 0 Å². The number of nitrogen functional groups attached to an aromatic ring is 1. The third kappa shape index (κ3) is 3.20. The molecule has 1 aliphatic carbocycles. The van der Waals surface area contributed by atoms with Crippen molar-refractivity contribution in [3.63, 3.8) is 0 Å². The summed E-state index contributed by atoms with van der Waals surface area (Å²) in [6, 6.07) is 3.64. The highest BCUT2D eigenvalue weighted by Crippen LogP contribution is 2.32. The van der Waals surface area contributed by atoms with Crippen molar-refractivity contribution in [2.45, 2.75) is 30.0 Å². The number of anilines is 1. The molecule has 2 N–H and O–H groups in total. The zero-order valence-corrected chi connectivity index (χ0v) is 11.4. The molecule has 0 spiro atoms. The van der Waals surface area contributed by atoms with Crippen LogP contribution in [0.2, 0.25) is 0 Å². The predicted molar refractivity (Wildman–Crippen MR) is 72.2 cm³/mol. The highest BCUT2D eigenvalue weighted by atomic mass is 32.2. The zero-order chi connectivity index (χ0) is 13.2. The lowest BCUT2D eigenvalue weighted by Gasteiger charge is -2.08. The van der Waals surface area contributed by atoms with E-state index in [9.17, 15) is 0 Å². The Hall–Kier alpha value is -1.69. The number of rotatable bonds is 5. The number of hydrogen-bond donors (Lipinski definition) is 1. The smallest absolute Gasteiger partial charge is 0.262 e. The molecule has 0 atom stereocenters. The first-order valence-electron chi connectivity index (χ1n) is 6.20. The molecule has 100 valence electrons. The third-order valence-corrected chi connectivity index (χ3v) is 3.61. The highest BCUT2D eigenvalue weighted by molar-refractivity contribution is 7.99. The molecule has 2 aromatic heterocycles. The molecule has 2 heterocycles. The summed E-state index contributed by atoms with van der Waals surface area (Å²) in [4.78, 5) is 8.62. The molecular formula is C13H15N3O2S. The van der Waals surface area contributed by atoms with E-state index < -0.39 is 0 Å². The van der Waals surface area contributed by atoms with Crippen LogP contribution >= 0.6 is 11.8 Å². The summed E-state index contributed by atoms with van der Waals surface area (Å²) in [6.07, 6.45) is 4.10. The van der Waals surface area contributed by atoms with Gasteiger partial charge in [0.1, 0.15) is 11.3 Å². The first-order chi connectivity index (χ1) is 9.20. The van der Waals surface area contributed by atoms with E-state index in [1.54, 1.807) is 12.3 Å². The largest absolute Gasteiger partial charge is 0.476 e. The Kier molecular flexibility index (Phi) is 3.33. The van der Waals surface area contributed by atoms with Gasteiger partial charge in [-0.15, -0.1) is 0 Å². The Bertz CT molecular complexity index is 581. The normalized spacial score (nSPS) is 14.6. The molecule has 0 aliphatic heterocycles. The zero-order valence-electron chi connectivity index (χ0n) is 10.6. The van der Waals surface area contributed by atoms with Crippen LogP contribution in [-0.4, -0.2) is 16.6 Å². The van der Waals surface area contributed by atoms with E-state index in [1.807, 2.05) is 13.0 Å². The number of hydrogen-bond acceptors (Lipinski definition) is 6. The first kappa shape index (κ1) is 12.3. The van der Waals surface area contributed by atoms with E-state index in [0.29, 0.717) is 29.3 Å². The van der Waals surface area contributed by atoms with E-state index in [-0.39, 0.29) is 0 Å². The molecule has 19 heavy (non-hydrogen) atoms. The monoisotopic (exact) mass is 277 g/mol. The third-order valence-electron chi connectivity index (χ3n) is 2.81. The van der Waals surface area contributed by atoms with E-state index in [1.165, 1.54) is 24.6 Å². The molecule has 1 fully saturated rings. The number of nitrogens with two attached hydrogens (primary N) is 1. The summed E-state index contributed by atoms with van der Waals surface area (Å²) in [5.74, 6) is 1.17. The second-order valence-electron chi connectivity index (χ2n) is 4.66. The summed E-state index contributed by atoms with van der Waals surface area (Å²) in [5.41, 5.74) is 7.27. The minimum Gasteiger partial charge on any atom is -0.476 e. The Morgan fingerprint density at radius 1 is 1.42 bits per heavy atom. The van der Waals surface area contributed by atoms with Gasteiger partial charge < -0.3 is 14.9 Å². The lowest BCUT2D eigenvalue weighted by Crippen LogP contribution is -2.04. The van der Waals surface area contributed by atoms with Crippen LogP contribution in [0, 0.1) is 12.8 Å². The maximum absolute atomic E-state index is 5.86. The predicted octanol–water partition coefficient (Wildman–Crippen LogP) is 2.90. The molecule has 0 amide bonds. The van der Waals surface area contributed by atoms with Crippen molar-refractivity contribution in [2.75, 3.05) is 12.3 Å². The van der Waals surface area contributed by atoms with Crippen LogP contribution < -0.4 is 10.5 Å². The van der Waals surface area contributed by atoms with Gasteiger partial charge in [0.25, 0.3) is 5.22 Å². The van der Waals surface area contributed by atoms with Crippen LogP contribution in [0.25, 0.3) is 0 Å². The summed E-state index contributed by atoms with van der Waals surface area (Å²) < 4.78 is 10.9. The standard InChI is InChI=1S/C13H15N3O2S/c1-8-6-18-13(15-8)19-11-5-4-10(14)12(16-11)17-7-9-2-3-9/h4-6,9H,2-3,7,14H2,1H3. The summed E-state index contributed by atoms with van der Waals surface area (Å²) in [5, 5.41) is 1.34. The van der Waals surface area contributed by atoms with Gasteiger partial charge in [-0.3, -0.25) is 0 Å². The molecule has 0 bridgehead atoms. The fraction of sp³-hybridized carbons (Fsp3) is 0.385. The number of pyridine rings is 1. The van der Waals surface area contributed by atoms with E-state index >= 15 is 0 Å². The Balaban J connectivity index is 1.72. The molecule has 3 rings (SSSR count). The van der Waals surface area contributed by atoms with Crippen molar-refractivity contribution < 1.29 is 9.15 Å². The lowest BCUT2D eigenvalue weighted by atomic mass is 10.4. The van der Waals surface area contributed by atoms with Crippen molar-refractivity contribution in [1.29, 1.82) is 0 Å². The summed E-state index contributed by atoms with van der Waals surface area (Å²) >= 11 is 1.36. The van der Waals surface area contributed by atoms with Crippen molar-refractivity contribution in [1.82, 2.24) is 9.97 Å². The molecule has 0 unspecified atom stereocenters. The van der Waals surface area contributed by atoms with Crippen LogP contribution in [0.5, 0.6) is 5.88 Å². The molecule has 5 nitrogen and oxygen atoms in total. The first-order valence-corrected chi connectivity index (χ1v) is 7.01. The molecule has 6 heteroatoms. The van der Waals surface area contributed by atoms with Crippen LogP contribution in [0.15, 0.2) is 33.1 Å². The maximum Gasteiger partial charge on any atom is 0.262 e. The van der Waals surface area contributed by atoms with Gasteiger partial charge in [-0.25, -0.2) is 9.97 Å². The SMILES string of the molecule is Cc1coc(Sc2ccc(N)c(OCC3CC3)n2)n1. The van der Waals surface area contributed by atoms with E-state index in [0.717, 1.165) is 10.7 Å². The van der Waals surface area contributed by atoms with E-state index in [4.69, 9.17) is 14.9 Å². The molecule has 1 aliphatic rings. The fourth-order valence-corrected chi connectivity index (χ4v) is 2.29. The van der Waals surface area contributed by atoms with Gasteiger partial charge in [0.2, 0.25) is 5.88 Å². The molecule has 1 saturated carbocycles. The Labute approximate surface area is 115 Å². The quantitative estimate of drug-likeness (QED) is 0.905. The van der Waals surface area contributed by atoms with Crippen molar-refractivity contribution in [3.8, 4) is 5.88 Å². The van der Waals surface area contributed by atoms with Gasteiger partial charge in [0.05, 0.1) is 18.0 Å². The van der Waals surface area contributed by atoms with Crippen LogP contribution in [0.4, 0.5) is 5.69 Å². The van der Waals surface area contributed by atoms with Gasteiger partial charge in [-0.1, -0.05) is 0 Å². The molecule has 2 aromatic rings. The second-order valence-corrected chi connectivity index (χ2v) is 5.63. The number of aromatic nitrogens is 2. The Morgan fingerprint density at radius 3 is 2.95 bits per heavy atom. The molecule has 0 aromatic carbocycles. The average Bonchev–Trinajstić information content (AvgIpc) is 3.13. The molecule has 0 radical (unpaired) electrons. The number of oxazole rings is 1. The summed E-state index contributed by atoms with van der Waals surface area (Å²) in [6.45, 7) is 2.58. The number of ether oxygens (including phenoxy) is 1. The van der Waals surface area contributed by atoms with E-state index in [2.05, 4.69) is 9.97 Å². The van der Waals surface area contributed by atoms with Crippen molar-refractivity contribution in [3.05, 3.63) is 24.1 Å². The van der Waals surface area contributed by atoms with Gasteiger partial charge >= 0.3 is 0 Å². The topological polar surface area (TPSA) is 74.2 Å². The van der Waals surface area contributed by atoms with Crippen LogP contribution in [0.3, 0.4) is 0 Å². The number of aryl methyl sites for hydroxylation is 1. The van der Waals surface area contributed by atoms with Crippen molar-refractivity contribution in [2.24, 2.45) is 5.92 Å². The highest BCUT2D eigenvalue weighted by Gasteiger charge is 2.22. The Morgan fingerprint density at radius 2 is 2.26 bits per heavy atom. The summed E-state index contributed by atoms with van der Waals surface area (Å²) in [7, 11) is 0. The molecular weight excluding hydrogens is 262 g/mol. The second kappa shape index (κ2) is 5.13. The fourth-order valence-electron chi connectivity index (χ4n) is 1.56. The van der Waals surface area contributed by atoms with Crippen LogP contribution in [-0.2, 0) is 0 Å². The average molecular weight is 277 g/mol. The number of nitrogens with zero attached hydrogens (tertiary/aromatic N) is 2. The maximum atomic E-state index is 5.86. The lowest BCUT2D eigenvalue weighted by molar-refractivity contribution is 0.288. The minimum atomic E-state index is 0.500.